The summed E-state index contributed by atoms with van der Waals surface area (Å²) in [5, 5.41) is 5.51. The van der Waals surface area contributed by atoms with Crippen LogP contribution in [-0.4, -0.2) is 27.2 Å². The summed E-state index contributed by atoms with van der Waals surface area (Å²) in [6.07, 6.45) is 0. The number of rotatable bonds is 2. The molecule has 0 saturated heterocycles. The molecule has 2 amide bonds. The number of fused-ring (bicyclic) bond motifs is 1. The number of hydrogen-bond acceptors (Lipinski definition) is 5. The molecule has 126 valence electrons. The second-order valence-electron chi connectivity index (χ2n) is 4.92. The molecule has 0 bridgehead atoms. The van der Waals surface area contributed by atoms with E-state index in [4.69, 9.17) is 39.5 Å². The lowest BCUT2D eigenvalue weighted by Crippen LogP contribution is -2.26. The zero-order valence-corrected chi connectivity index (χ0v) is 15.2. The van der Waals surface area contributed by atoms with Gasteiger partial charge in [-0.2, -0.15) is 0 Å². The molecular formula is C14H10Cl3N3O3S. The number of anilines is 2. The Labute approximate surface area is 156 Å². The number of nitrogens with zero attached hydrogens (tertiary/aromatic N) is 1. The highest BCUT2D eigenvalue weighted by Crippen LogP contribution is 2.36. The van der Waals surface area contributed by atoms with Crippen LogP contribution in [0, 0.1) is 6.92 Å². The number of aryl methyl sites for hydroxylation is 1. The van der Waals surface area contributed by atoms with Crippen LogP contribution in [0.1, 0.15) is 4.88 Å². The molecule has 0 radical (unpaired) electrons. The van der Waals surface area contributed by atoms with E-state index in [2.05, 4.69) is 15.6 Å². The second-order valence-corrected chi connectivity index (χ2v) is 8.41. The molecule has 0 fully saturated rings. The van der Waals surface area contributed by atoms with E-state index in [1.165, 1.54) is 11.3 Å². The molecule has 10 heteroatoms. The van der Waals surface area contributed by atoms with E-state index < -0.39 is 9.70 Å². The number of benzene rings is 1. The van der Waals surface area contributed by atoms with Crippen molar-refractivity contribution < 1.29 is 14.3 Å². The van der Waals surface area contributed by atoms with Crippen molar-refractivity contribution in [1.29, 1.82) is 0 Å². The Balaban J connectivity index is 1.89. The Morgan fingerprint density at radius 3 is 2.88 bits per heavy atom. The van der Waals surface area contributed by atoms with Gasteiger partial charge in [-0.15, -0.1) is 11.3 Å². The van der Waals surface area contributed by atoms with Gasteiger partial charge in [0.2, 0.25) is 0 Å². The van der Waals surface area contributed by atoms with Crippen LogP contribution in [0.5, 0.6) is 5.75 Å². The summed E-state index contributed by atoms with van der Waals surface area (Å²) in [7, 11) is 0. The first-order chi connectivity index (χ1) is 11.2. The number of aromatic nitrogens is 1. The maximum Gasteiger partial charge on any atom is 0.278 e. The minimum Gasteiger partial charge on any atom is -0.482 e. The van der Waals surface area contributed by atoms with E-state index in [1.54, 1.807) is 12.1 Å². The predicted octanol–water partition coefficient (Wildman–Crippen LogP) is 3.76. The molecule has 0 atom stereocenters. The van der Waals surface area contributed by atoms with E-state index in [9.17, 15) is 9.59 Å². The Morgan fingerprint density at radius 2 is 2.17 bits per heavy atom. The number of alkyl halides is 3. The Bertz CT molecular complexity index is 832. The van der Waals surface area contributed by atoms with E-state index in [-0.39, 0.29) is 12.5 Å². The van der Waals surface area contributed by atoms with Gasteiger partial charge in [0.05, 0.1) is 11.4 Å². The smallest absolute Gasteiger partial charge is 0.278 e. The molecule has 0 spiro atoms. The van der Waals surface area contributed by atoms with Gasteiger partial charge in [-0.25, -0.2) is 4.98 Å². The van der Waals surface area contributed by atoms with Crippen LogP contribution in [0.2, 0.25) is 0 Å². The van der Waals surface area contributed by atoms with Gasteiger partial charge in [0.25, 0.3) is 15.6 Å². The molecule has 6 nitrogen and oxygen atoms in total. The molecule has 0 saturated carbocycles. The summed E-state index contributed by atoms with van der Waals surface area (Å²) in [5.41, 5.74) is 1.99. The van der Waals surface area contributed by atoms with Crippen molar-refractivity contribution in [2.75, 3.05) is 17.2 Å². The highest BCUT2D eigenvalue weighted by molar-refractivity contribution is 7.16. The Kier molecular flexibility index (Phi) is 4.61. The summed E-state index contributed by atoms with van der Waals surface area (Å²) < 4.78 is 3.26. The maximum absolute atomic E-state index is 11.7. The zero-order valence-electron chi connectivity index (χ0n) is 12.2. The SMILES string of the molecule is Cc1sc(NC(=O)C(Cl)(Cl)Cl)nc1-c1ccc2c(c1)NC(=O)CO2. The molecule has 1 aromatic heterocycles. The number of carbonyl (C=O) groups excluding carboxylic acids is 2. The number of halogens is 3. The van der Waals surface area contributed by atoms with Gasteiger partial charge in [0, 0.05) is 10.4 Å². The number of hydrogen-bond donors (Lipinski definition) is 2. The molecule has 24 heavy (non-hydrogen) atoms. The topological polar surface area (TPSA) is 80.3 Å². The number of thiazole rings is 1. The van der Waals surface area contributed by atoms with Gasteiger partial charge < -0.3 is 10.1 Å². The van der Waals surface area contributed by atoms with Gasteiger partial charge in [0.15, 0.2) is 11.7 Å². The van der Waals surface area contributed by atoms with Crippen molar-refractivity contribution in [1.82, 2.24) is 4.98 Å². The monoisotopic (exact) mass is 405 g/mol. The minimum atomic E-state index is -2.06. The summed E-state index contributed by atoms with van der Waals surface area (Å²) in [6.45, 7) is 1.85. The summed E-state index contributed by atoms with van der Waals surface area (Å²) >= 11 is 17.8. The van der Waals surface area contributed by atoms with E-state index in [1.807, 2.05) is 13.0 Å². The molecule has 2 aromatic rings. The number of ether oxygens (including phenoxy) is 1. The van der Waals surface area contributed by atoms with Crippen molar-refractivity contribution >= 4 is 68.8 Å². The average Bonchev–Trinajstić information content (AvgIpc) is 2.86. The third kappa shape index (κ3) is 3.59. The lowest BCUT2D eigenvalue weighted by atomic mass is 10.1. The van der Waals surface area contributed by atoms with Crippen molar-refractivity contribution in [3.05, 3.63) is 23.1 Å². The zero-order chi connectivity index (χ0) is 17.5. The van der Waals surface area contributed by atoms with Crippen LogP contribution >= 0.6 is 46.1 Å². The van der Waals surface area contributed by atoms with Gasteiger partial charge in [0.1, 0.15) is 5.75 Å². The molecule has 3 rings (SSSR count). The number of amides is 2. The van der Waals surface area contributed by atoms with Crippen LogP contribution in [0.3, 0.4) is 0 Å². The maximum atomic E-state index is 11.7. The Hall–Kier alpha value is -1.54. The summed E-state index contributed by atoms with van der Waals surface area (Å²) in [6, 6.07) is 5.33. The molecule has 0 unspecified atom stereocenters. The minimum absolute atomic E-state index is 0.00468. The van der Waals surface area contributed by atoms with Crippen molar-refractivity contribution in [3.8, 4) is 17.0 Å². The lowest BCUT2D eigenvalue weighted by molar-refractivity contribution is -0.118. The molecule has 2 heterocycles. The number of carbonyl (C=O) groups is 2. The van der Waals surface area contributed by atoms with Crippen LogP contribution in [0.25, 0.3) is 11.3 Å². The van der Waals surface area contributed by atoms with Crippen LogP contribution in [-0.2, 0) is 9.59 Å². The normalized spacial score (nSPS) is 13.8. The van der Waals surface area contributed by atoms with Crippen LogP contribution in [0.15, 0.2) is 18.2 Å². The summed E-state index contributed by atoms with van der Waals surface area (Å²) in [4.78, 5) is 28.4. The Morgan fingerprint density at radius 1 is 1.42 bits per heavy atom. The van der Waals surface area contributed by atoms with Gasteiger partial charge in [-0.3, -0.25) is 14.9 Å². The highest BCUT2D eigenvalue weighted by atomic mass is 35.6. The van der Waals surface area contributed by atoms with Gasteiger partial charge in [-0.1, -0.05) is 34.8 Å². The predicted molar refractivity (Wildman–Crippen MR) is 95.3 cm³/mol. The molecule has 1 aliphatic rings. The van der Waals surface area contributed by atoms with Crippen molar-refractivity contribution in [2.24, 2.45) is 0 Å². The first-order valence-corrected chi connectivity index (χ1v) is 8.62. The first-order valence-electron chi connectivity index (χ1n) is 6.67. The van der Waals surface area contributed by atoms with Crippen molar-refractivity contribution in [3.63, 3.8) is 0 Å². The molecule has 0 aliphatic carbocycles. The standard InChI is InChI=1S/C14H10Cl3N3O3S/c1-6-11(19-13(24-6)20-12(22)14(15,16)17)7-2-3-9-8(4-7)18-10(21)5-23-9/h2-4H,5H2,1H3,(H,18,21)(H,19,20,22). The molecule has 1 aliphatic heterocycles. The average molecular weight is 407 g/mol. The third-order valence-corrected chi connectivity index (χ3v) is 4.56. The lowest BCUT2D eigenvalue weighted by Gasteiger charge is -2.18. The summed E-state index contributed by atoms with van der Waals surface area (Å²) in [5.74, 6) is -0.403. The van der Waals surface area contributed by atoms with E-state index >= 15 is 0 Å². The third-order valence-electron chi connectivity index (χ3n) is 3.16. The molecule has 1 aromatic carbocycles. The quantitative estimate of drug-likeness (QED) is 0.744. The van der Waals surface area contributed by atoms with E-state index in [0.29, 0.717) is 22.3 Å². The van der Waals surface area contributed by atoms with Crippen molar-refractivity contribution in [2.45, 2.75) is 10.7 Å². The van der Waals surface area contributed by atoms with Gasteiger partial charge in [-0.05, 0) is 25.1 Å². The molecule has 2 N–H and O–H groups in total. The van der Waals surface area contributed by atoms with E-state index in [0.717, 1.165) is 10.4 Å². The largest absolute Gasteiger partial charge is 0.482 e. The highest BCUT2D eigenvalue weighted by Gasteiger charge is 2.31. The van der Waals surface area contributed by atoms with Gasteiger partial charge >= 0.3 is 0 Å². The first kappa shape index (κ1) is 17.3. The van der Waals surface area contributed by atoms with Crippen LogP contribution in [0.4, 0.5) is 10.8 Å². The number of nitrogens with one attached hydrogen (secondary N) is 2. The fraction of sp³-hybridized carbons (Fsp3) is 0.214. The fourth-order valence-electron chi connectivity index (χ4n) is 2.12. The van der Waals surface area contributed by atoms with Crippen LogP contribution < -0.4 is 15.4 Å². The molecular weight excluding hydrogens is 397 g/mol. The second kappa shape index (κ2) is 6.40. The fourth-order valence-corrected chi connectivity index (χ4v) is 3.09.